The molecule has 1 atom stereocenters. The lowest BCUT2D eigenvalue weighted by molar-refractivity contribution is -0.115. The van der Waals surface area contributed by atoms with Crippen molar-refractivity contribution in [2.24, 2.45) is 0 Å². The summed E-state index contributed by atoms with van der Waals surface area (Å²) >= 11 is 1.25. The van der Waals surface area contributed by atoms with Crippen molar-refractivity contribution in [3.63, 3.8) is 0 Å². The Morgan fingerprint density at radius 1 is 1.06 bits per heavy atom. The molecule has 1 aromatic heterocycles. The van der Waals surface area contributed by atoms with E-state index in [1.165, 1.54) is 17.8 Å². The number of nitriles is 1. The van der Waals surface area contributed by atoms with Crippen molar-refractivity contribution >= 4 is 23.4 Å². The topological polar surface area (TPSA) is 83.6 Å². The van der Waals surface area contributed by atoms with Crippen molar-refractivity contribution in [2.45, 2.75) is 23.9 Å². The van der Waals surface area contributed by atoms with Crippen LogP contribution in [-0.2, 0) is 11.3 Å². The molecule has 0 saturated heterocycles. The van der Waals surface area contributed by atoms with Gasteiger partial charge in [0.05, 0.1) is 29.0 Å². The highest BCUT2D eigenvalue weighted by Gasteiger charge is 2.22. The number of nitrogens with zero attached hydrogens (tertiary/aromatic N) is 4. The van der Waals surface area contributed by atoms with Crippen LogP contribution in [0.1, 0.15) is 18.1 Å². The average molecular weight is 458 g/mol. The van der Waals surface area contributed by atoms with Crippen LogP contribution in [0.25, 0.3) is 11.4 Å². The van der Waals surface area contributed by atoms with E-state index in [1.54, 1.807) is 49.4 Å². The minimum absolute atomic E-state index is 0.216. The SMILES string of the molecule is CC(Sc1nnc(-c2ccccc2F)n1Cc1ccccc1)C(=O)Nc1ccc(C#N)cc1. The van der Waals surface area contributed by atoms with Gasteiger partial charge in [-0.3, -0.25) is 9.36 Å². The lowest BCUT2D eigenvalue weighted by atomic mass is 10.2. The number of hydrogen-bond acceptors (Lipinski definition) is 5. The van der Waals surface area contributed by atoms with E-state index >= 15 is 0 Å². The van der Waals surface area contributed by atoms with E-state index in [9.17, 15) is 9.18 Å². The van der Waals surface area contributed by atoms with Gasteiger partial charge in [0.25, 0.3) is 0 Å². The largest absolute Gasteiger partial charge is 0.325 e. The van der Waals surface area contributed by atoms with Crippen molar-refractivity contribution in [3.05, 3.63) is 95.8 Å². The Labute approximate surface area is 195 Å². The van der Waals surface area contributed by atoms with Crippen LogP contribution in [0.4, 0.5) is 10.1 Å². The molecule has 0 radical (unpaired) electrons. The van der Waals surface area contributed by atoms with E-state index in [4.69, 9.17) is 5.26 Å². The van der Waals surface area contributed by atoms with E-state index in [1.807, 2.05) is 41.0 Å². The molecule has 0 aliphatic rings. The number of hydrogen-bond donors (Lipinski definition) is 1. The molecule has 164 valence electrons. The normalized spacial score (nSPS) is 11.5. The molecular formula is C25H20FN5OS. The third kappa shape index (κ3) is 5.27. The van der Waals surface area contributed by atoms with Gasteiger partial charge in [0.15, 0.2) is 11.0 Å². The monoisotopic (exact) mass is 457 g/mol. The Hall–Kier alpha value is -3.96. The van der Waals surface area contributed by atoms with Gasteiger partial charge in [0.2, 0.25) is 5.91 Å². The summed E-state index contributed by atoms with van der Waals surface area (Å²) in [5.74, 6) is -0.201. The summed E-state index contributed by atoms with van der Waals surface area (Å²) < 4.78 is 16.3. The number of carbonyl (C=O) groups excluding carboxylic acids is 1. The van der Waals surface area contributed by atoms with Gasteiger partial charge in [-0.1, -0.05) is 54.2 Å². The number of aromatic nitrogens is 3. The fraction of sp³-hybridized carbons (Fsp3) is 0.120. The number of halogens is 1. The Morgan fingerprint density at radius 2 is 1.76 bits per heavy atom. The van der Waals surface area contributed by atoms with Gasteiger partial charge in [0.1, 0.15) is 5.82 Å². The van der Waals surface area contributed by atoms with Crippen LogP contribution < -0.4 is 5.32 Å². The van der Waals surface area contributed by atoms with Gasteiger partial charge in [-0.05, 0) is 48.9 Å². The van der Waals surface area contributed by atoms with Gasteiger partial charge in [-0.25, -0.2) is 4.39 Å². The first-order valence-electron chi connectivity index (χ1n) is 10.2. The molecule has 3 aromatic carbocycles. The highest BCUT2D eigenvalue weighted by molar-refractivity contribution is 8.00. The third-order valence-electron chi connectivity index (χ3n) is 4.95. The molecule has 4 rings (SSSR count). The van der Waals surface area contributed by atoms with Crippen molar-refractivity contribution in [1.29, 1.82) is 5.26 Å². The van der Waals surface area contributed by atoms with Crippen LogP contribution in [0.5, 0.6) is 0 Å². The maximum Gasteiger partial charge on any atom is 0.237 e. The zero-order valence-corrected chi connectivity index (χ0v) is 18.6. The predicted molar refractivity (Wildman–Crippen MR) is 126 cm³/mol. The lowest BCUT2D eigenvalue weighted by Gasteiger charge is -2.14. The van der Waals surface area contributed by atoms with Gasteiger partial charge in [-0.2, -0.15) is 5.26 Å². The summed E-state index contributed by atoms with van der Waals surface area (Å²) in [7, 11) is 0. The van der Waals surface area contributed by atoms with Crippen molar-refractivity contribution in [2.75, 3.05) is 5.32 Å². The van der Waals surface area contributed by atoms with Crippen LogP contribution in [0.15, 0.2) is 84.0 Å². The fourth-order valence-corrected chi connectivity index (χ4v) is 4.06. The van der Waals surface area contributed by atoms with Crippen LogP contribution in [-0.4, -0.2) is 25.9 Å². The second kappa shape index (κ2) is 10.1. The van der Waals surface area contributed by atoms with E-state index in [0.29, 0.717) is 34.3 Å². The number of anilines is 1. The molecule has 4 aromatic rings. The first-order valence-corrected chi connectivity index (χ1v) is 11.1. The zero-order valence-electron chi connectivity index (χ0n) is 17.8. The van der Waals surface area contributed by atoms with Crippen molar-refractivity contribution in [3.8, 4) is 17.5 Å². The number of nitrogens with one attached hydrogen (secondary N) is 1. The standard InChI is InChI=1S/C25H20FN5OS/c1-17(24(32)28-20-13-11-18(15-27)12-14-20)33-25-30-29-23(21-9-5-6-10-22(21)26)31(25)16-19-7-3-2-4-8-19/h2-14,17H,16H2,1H3,(H,28,32). The molecule has 0 aliphatic heterocycles. The summed E-state index contributed by atoms with van der Waals surface area (Å²) in [6.45, 7) is 2.21. The highest BCUT2D eigenvalue weighted by atomic mass is 32.2. The number of amides is 1. The lowest BCUT2D eigenvalue weighted by Crippen LogP contribution is -2.23. The number of benzene rings is 3. The molecule has 8 heteroatoms. The second-order valence-electron chi connectivity index (χ2n) is 7.30. The van der Waals surface area contributed by atoms with E-state index in [2.05, 4.69) is 15.5 Å². The molecule has 1 unspecified atom stereocenters. The van der Waals surface area contributed by atoms with Crippen molar-refractivity contribution < 1.29 is 9.18 Å². The predicted octanol–water partition coefficient (Wildman–Crippen LogP) is 5.12. The van der Waals surface area contributed by atoms with Crippen molar-refractivity contribution in [1.82, 2.24) is 14.8 Å². The van der Waals surface area contributed by atoms with Gasteiger partial charge >= 0.3 is 0 Å². The molecule has 1 heterocycles. The van der Waals surface area contributed by atoms with Gasteiger partial charge in [0, 0.05) is 5.69 Å². The Balaban J connectivity index is 1.59. The van der Waals surface area contributed by atoms with E-state index in [0.717, 1.165) is 5.56 Å². The van der Waals surface area contributed by atoms with E-state index in [-0.39, 0.29) is 11.7 Å². The molecule has 33 heavy (non-hydrogen) atoms. The Kier molecular flexibility index (Phi) is 6.81. The molecule has 1 N–H and O–H groups in total. The molecule has 6 nitrogen and oxygen atoms in total. The summed E-state index contributed by atoms with van der Waals surface area (Å²) in [5.41, 5.74) is 2.48. The number of rotatable bonds is 7. The summed E-state index contributed by atoms with van der Waals surface area (Å²) in [5, 5.41) is 20.3. The van der Waals surface area contributed by atoms with Gasteiger partial charge in [-0.15, -0.1) is 10.2 Å². The van der Waals surface area contributed by atoms with Crippen LogP contribution in [0.3, 0.4) is 0 Å². The minimum Gasteiger partial charge on any atom is -0.325 e. The molecule has 0 spiro atoms. The first kappa shape index (κ1) is 22.2. The quantitative estimate of drug-likeness (QED) is 0.389. The summed E-state index contributed by atoms with van der Waals surface area (Å²) in [4.78, 5) is 12.8. The number of carbonyl (C=O) groups is 1. The maximum absolute atomic E-state index is 14.5. The maximum atomic E-state index is 14.5. The zero-order chi connectivity index (χ0) is 23.2. The first-order chi connectivity index (χ1) is 16.0. The van der Waals surface area contributed by atoms with Crippen LogP contribution in [0, 0.1) is 17.1 Å². The smallest absolute Gasteiger partial charge is 0.237 e. The summed E-state index contributed by atoms with van der Waals surface area (Å²) in [6, 6.07) is 24.9. The molecule has 1 amide bonds. The fourth-order valence-electron chi connectivity index (χ4n) is 3.21. The molecular weight excluding hydrogens is 437 g/mol. The van der Waals surface area contributed by atoms with E-state index < -0.39 is 5.25 Å². The molecule has 0 saturated carbocycles. The average Bonchev–Trinajstić information content (AvgIpc) is 3.22. The van der Waals surface area contributed by atoms with Crippen LogP contribution in [0.2, 0.25) is 0 Å². The molecule has 0 fully saturated rings. The van der Waals surface area contributed by atoms with Crippen LogP contribution >= 0.6 is 11.8 Å². The Bertz CT molecular complexity index is 1300. The van der Waals surface area contributed by atoms with Gasteiger partial charge < -0.3 is 5.32 Å². The summed E-state index contributed by atoms with van der Waals surface area (Å²) in [6.07, 6.45) is 0. The molecule has 0 bridgehead atoms. The molecule has 0 aliphatic carbocycles. The third-order valence-corrected chi connectivity index (χ3v) is 6.03. The minimum atomic E-state index is -0.493. The Morgan fingerprint density at radius 3 is 2.45 bits per heavy atom. The number of thioether (sulfide) groups is 1. The highest BCUT2D eigenvalue weighted by Crippen LogP contribution is 2.29. The second-order valence-corrected chi connectivity index (χ2v) is 8.60.